The number of hydrogen-bond donors (Lipinski definition) is 2. The van der Waals surface area contributed by atoms with Gasteiger partial charge in [0.15, 0.2) is 0 Å². The van der Waals surface area contributed by atoms with Gasteiger partial charge in [0.05, 0.1) is 12.2 Å². The molecule has 0 aliphatic heterocycles. The van der Waals surface area contributed by atoms with Crippen LogP contribution in [0.2, 0.25) is 0 Å². The predicted octanol–water partition coefficient (Wildman–Crippen LogP) is 5.57. The normalized spacial score (nSPS) is 14.2. The fourth-order valence-electron chi connectivity index (χ4n) is 3.73. The summed E-state index contributed by atoms with van der Waals surface area (Å²) >= 11 is 0. The average molecular weight is 409 g/mol. The van der Waals surface area contributed by atoms with Crippen LogP contribution < -0.4 is 15.4 Å². The van der Waals surface area contributed by atoms with Crippen molar-refractivity contribution in [2.45, 2.75) is 64.3 Å². The number of anilines is 1. The number of hydrogen-bond acceptors (Lipinski definition) is 3. The molecule has 1 aliphatic carbocycles. The number of nitrogens with one attached hydrogen (secondary N) is 2. The van der Waals surface area contributed by atoms with Crippen LogP contribution in [0.3, 0.4) is 0 Å². The van der Waals surface area contributed by atoms with Crippen molar-refractivity contribution < 1.29 is 14.3 Å². The molecule has 0 bridgehead atoms. The number of benzene rings is 2. The van der Waals surface area contributed by atoms with Crippen molar-refractivity contribution in [2.75, 3.05) is 11.9 Å². The van der Waals surface area contributed by atoms with Crippen LogP contribution in [0.5, 0.6) is 5.75 Å². The molecule has 2 aromatic rings. The molecule has 0 spiro atoms. The molecule has 160 valence electrons. The lowest BCUT2D eigenvalue weighted by Gasteiger charge is -2.22. The molecule has 0 heterocycles. The van der Waals surface area contributed by atoms with E-state index in [0.29, 0.717) is 29.2 Å². The van der Waals surface area contributed by atoms with Crippen molar-refractivity contribution in [2.24, 2.45) is 0 Å². The topological polar surface area (TPSA) is 67.4 Å². The van der Waals surface area contributed by atoms with Gasteiger partial charge in [0.2, 0.25) is 0 Å². The molecule has 3 rings (SSSR count). The maximum atomic E-state index is 12.7. The quantitative estimate of drug-likeness (QED) is 0.533. The summed E-state index contributed by atoms with van der Waals surface area (Å²) in [5.74, 6) is 0.320. The molecule has 1 fully saturated rings. The van der Waals surface area contributed by atoms with E-state index in [9.17, 15) is 9.59 Å². The van der Waals surface area contributed by atoms with E-state index >= 15 is 0 Å². The number of amides is 2. The highest BCUT2D eigenvalue weighted by molar-refractivity contribution is 6.06. The molecular weight excluding hydrogens is 376 g/mol. The molecule has 2 amide bonds. The zero-order valence-corrected chi connectivity index (χ0v) is 17.8. The lowest BCUT2D eigenvalue weighted by atomic mass is 9.95. The van der Waals surface area contributed by atoms with E-state index in [0.717, 1.165) is 32.1 Å². The molecule has 0 aromatic heterocycles. The maximum Gasteiger partial charge on any atom is 0.259 e. The van der Waals surface area contributed by atoms with Gasteiger partial charge in [-0.05, 0) is 55.7 Å². The molecule has 5 heteroatoms. The molecule has 2 N–H and O–H groups in total. The van der Waals surface area contributed by atoms with Crippen LogP contribution >= 0.6 is 0 Å². The Morgan fingerprint density at radius 3 is 2.40 bits per heavy atom. The lowest BCUT2D eigenvalue weighted by Crippen LogP contribution is -2.36. The van der Waals surface area contributed by atoms with Gasteiger partial charge in [-0.2, -0.15) is 0 Å². The van der Waals surface area contributed by atoms with Crippen LogP contribution in [0.15, 0.2) is 48.5 Å². The maximum absolute atomic E-state index is 12.7. The summed E-state index contributed by atoms with van der Waals surface area (Å²) in [6, 6.07) is 14.6. The molecule has 2 aromatic carbocycles. The predicted molar refractivity (Wildman–Crippen MR) is 120 cm³/mol. The van der Waals surface area contributed by atoms with Crippen LogP contribution in [0.4, 0.5) is 5.69 Å². The van der Waals surface area contributed by atoms with Gasteiger partial charge in [0.1, 0.15) is 5.75 Å². The highest BCUT2D eigenvalue weighted by Gasteiger charge is 2.17. The first-order valence-corrected chi connectivity index (χ1v) is 11.1. The summed E-state index contributed by atoms with van der Waals surface area (Å²) in [5, 5.41) is 6.01. The number of rotatable bonds is 9. The second kappa shape index (κ2) is 11.4. The number of carbonyl (C=O) groups excluding carboxylic acids is 2. The van der Waals surface area contributed by atoms with Crippen molar-refractivity contribution in [3.8, 4) is 5.75 Å². The zero-order chi connectivity index (χ0) is 21.2. The Kier molecular flexibility index (Phi) is 8.30. The molecule has 0 unspecified atom stereocenters. The van der Waals surface area contributed by atoms with E-state index < -0.39 is 0 Å². The van der Waals surface area contributed by atoms with Crippen molar-refractivity contribution in [1.29, 1.82) is 0 Å². The molecule has 30 heavy (non-hydrogen) atoms. The lowest BCUT2D eigenvalue weighted by molar-refractivity contribution is 0.0927. The van der Waals surface area contributed by atoms with E-state index in [1.165, 1.54) is 19.3 Å². The molecule has 0 radical (unpaired) electrons. The summed E-state index contributed by atoms with van der Waals surface area (Å²) in [7, 11) is 0. The number of para-hydroxylation sites is 1. The van der Waals surface area contributed by atoms with Gasteiger partial charge in [0.25, 0.3) is 11.8 Å². The van der Waals surface area contributed by atoms with E-state index in [2.05, 4.69) is 17.6 Å². The fraction of sp³-hybridized carbons (Fsp3) is 0.440. The first-order valence-electron chi connectivity index (χ1n) is 11.1. The Hall–Kier alpha value is -2.82. The summed E-state index contributed by atoms with van der Waals surface area (Å²) in [6.07, 6.45) is 8.93. The Balaban J connectivity index is 1.57. The standard InChI is InChI=1S/C25H32N2O3/c1-2-3-9-18-30-23-13-8-7-12-22(23)25(29)27-21-16-14-19(15-17-21)24(28)26-20-10-5-4-6-11-20/h7-8,12-17,20H,2-6,9-11,18H2,1H3,(H,26,28)(H,27,29). The number of carbonyl (C=O) groups is 2. The molecule has 5 nitrogen and oxygen atoms in total. The van der Waals surface area contributed by atoms with Gasteiger partial charge < -0.3 is 15.4 Å². The van der Waals surface area contributed by atoms with Crippen molar-refractivity contribution >= 4 is 17.5 Å². The number of unbranched alkanes of at least 4 members (excludes halogenated alkanes) is 2. The van der Waals surface area contributed by atoms with Gasteiger partial charge in [-0.1, -0.05) is 51.2 Å². The first kappa shape index (κ1) is 21.9. The number of ether oxygens (including phenoxy) is 1. The second-order valence-corrected chi connectivity index (χ2v) is 7.89. The second-order valence-electron chi connectivity index (χ2n) is 7.89. The highest BCUT2D eigenvalue weighted by Crippen LogP contribution is 2.21. The molecule has 0 atom stereocenters. The van der Waals surface area contributed by atoms with Crippen molar-refractivity contribution in [3.05, 3.63) is 59.7 Å². The van der Waals surface area contributed by atoms with E-state index in [1.54, 1.807) is 30.3 Å². The molecular formula is C25H32N2O3. The van der Waals surface area contributed by atoms with Gasteiger partial charge in [-0.3, -0.25) is 9.59 Å². The van der Waals surface area contributed by atoms with Crippen LogP contribution in [-0.2, 0) is 0 Å². The van der Waals surface area contributed by atoms with Crippen LogP contribution in [0.25, 0.3) is 0 Å². The van der Waals surface area contributed by atoms with Crippen molar-refractivity contribution in [1.82, 2.24) is 5.32 Å². The van der Waals surface area contributed by atoms with E-state index in [4.69, 9.17) is 4.74 Å². The van der Waals surface area contributed by atoms with Crippen LogP contribution in [0, 0.1) is 0 Å². The zero-order valence-electron chi connectivity index (χ0n) is 17.8. The van der Waals surface area contributed by atoms with Gasteiger partial charge in [-0.25, -0.2) is 0 Å². The Morgan fingerprint density at radius 1 is 0.933 bits per heavy atom. The summed E-state index contributed by atoms with van der Waals surface area (Å²) in [6.45, 7) is 2.75. The minimum Gasteiger partial charge on any atom is -0.493 e. The average Bonchev–Trinajstić information content (AvgIpc) is 2.78. The third-order valence-corrected chi connectivity index (χ3v) is 5.48. The van der Waals surface area contributed by atoms with E-state index in [-0.39, 0.29) is 17.9 Å². The minimum atomic E-state index is -0.222. The minimum absolute atomic E-state index is 0.0504. The molecule has 0 saturated heterocycles. The summed E-state index contributed by atoms with van der Waals surface area (Å²) in [4.78, 5) is 25.2. The Bertz CT molecular complexity index is 827. The monoisotopic (exact) mass is 408 g/mol. The molecule has 1 aliphatic rings. The SMILES string of the molecule is CCCCCOc1ccccc1C(=O)Nc1ccc(C(=O)NC2CCCCC2)cc1. The van der Waals surface area contributed by atoms with Gasteiger partial charge in [-0.15, -0.1) is 0 Å². The fourth-order valence-corrected chi connectivity index (χ4v) is 3.73. The first-order chi connectivity index (χ1) is 14.7. The molecule has 1 saturated carbocycles. The Morgan fingerprint density at radius 2 is 1.67 bits per heavy atom. The van der Waals surface area contributed by atoms with Crippen LogP contribution in [0.1, 0.15) is 79.0 Å². The van der Waals surface area contributed by atoms with Gasteiger partial charge in [0, 0.05) is 17.3 Å². The van der Waals surface area contributed by atoms with Crippen LogP contribution in [-0.4, -0.2) is 24.5 Å². The summed E-state index contributed by atoms with van der Waals surface area (Å²) in [5.41, 5.74) is 1.77. The summed E-state index contributed by atoms with van der Waals surface area (Å²) < 4.78 is 5.81. The van der Waals surface area contributed by atoms with Crippen molar-refractivity contribution in [3.63, 3.8) is 0 Å². The smallest absolute Gasteiger partial charge is 0.259 e. The third-order valence-electron chi connectivity index (χ3n) is 5.48. The largest absolute Gasteiger partial charge is 0.493 e. The Labute approximate surface area is 179 Å². The van der Waals surface area contributed by atoms with Gasteiger partial charge >= 0.3 is 0 Å². The van der Waals surface area contributed by atoms with E-state index in [1.807, 2.05) is 18.2 Å². The third kappa shape index (κ3) is 6.34. The highest BCUT2D eigenvalue weighted by atomic mass is 16.5.